The molecule has 1 aromatic heterocycles. The molecule has 1 rings (SSSR count). The van der Waals surface area contributed by atoms with Gasteiger partial charge in [0.2, 0.25) is 5.43 Å². The largest absolute Gasteiger partial charge is 0.464 e. The number of nitrogens with one attached hydrogen (secondary N) is 1. The number of alkyl halides is 2. The lowest BCUT2D eigenvalue weighted by Gasteiger charge is -2.04. The number of esters is 1. The van der Waals surface area contributed by atoms with E-state index in [1.807, 2.05) is 0 Å². The molecule has 1 heterocycles. The van der Waals surface area contributed by atoms with E-state index in [4.69, 9.17) is 0 Å². The van der Waals surface area contributed by atoms with Crippen molar-refractivity contribution in [1.29, 1.82) is 0 Å². The average Bonchev–Trinajstić information content (AvgIpc) is 2.20. The van der Waals surface area contributed by atoms with Crippen LogP contribution in [0.15, 0.2) is 10.9 Å². The van der Waals surface area contributed by atoms with Crippen LogP contribution in [0, 0.1) is 5.82 Å². The lowest BCUT2D eigenvalue weighted by Crippen LogP contribution is -2.17. The second-order valence-electron chi connectivity index (χ2n) is 2.57. The minimum atomic E-state index is -3.21. The Morgan fingerprint density at radius 2 is 2.13 bits per heavy atom. The fraction of sp³-hybridized carbons (Fsp3) is 0.250. The molecule has 0 aliphatic heterocycles. The van der Waals surface area contributed by atoms with Crippen LogP contribution >= 0.6 is 0 Å². The fourth-order valence-electron chi connectivity index (χ4n) is 0.933. The van der Waals surface area contributed by atoms with Gasteiger partial charge in [-0.3, -0.25) is 4.79 Å². The second kappa shape index (κ2) is 4.16. The quantitative estimate of drug-likeness (QED) is 0.764. The van der Waals surface area contributed by atoms with Crippen molar-refractivity contribution in [3.63, 3.8) is 0 Å². The van der Waals surface area contributed by atoms with Gasteiger partial charge in [0, 0.05) is 6.07 Å². The number of ether oxygens (including phenoxy) is 1. The number of aromatic nitrogens is 1. The summed E-state index contributed by atoms with van der Waals surface area (Å²) >= 11 is 0. The van der Waals surface area contributed by atoms with Gasteiger partial charge in [-0.1, -0.05) is 0 Å². The first-order valence-electron chi connectivity index (χ1n) is 3.76. The van der Waals surface area contributed by atoms with Gasteiger partial charge in [0.15, 0.2) is 5.82 Å². The predicted molar refractivity (Wildman–Crippen MR) is 43.3 cm³/mol. The minimum absolute atomic E-state index is 0.515. The molecule has 82 valence electrons. The number of halogens is 3. The number of carbonyl (C=O) groups is 1. The van der Waals surface area contributed by atoms with Crippen molar-refractivity contribution in [2.75, 3.05) is 7.11 Å². The summed E-state index contributed by atoms with van der Waals surface area (Å²) in [5.41, 5.74) is -3.02. The number of aromatic amines is 1. The van der Waals surface area contributed by atoms with E-state index in [1.165, 1.54) is 0 Å². The Labute approximate surface area is 81.7 Å². The molecule has 7 heteroatoms. The first kappa shape index (κ1) is 11.3. The van der Waals surface area contributed by atoms with E-state index in [1.54, 1.807) is 4.98 Å². The van der Waals surface area contributed by atoms with Crippen LogP contribution in [0.25, 0.3) is 0 Å². The SMILES string of the molecule is COC(=O)c1cc(=O)c(F)c(C(F)F)[nH]1. The normalized spacial score (nSPS) is 10.5. The Kier molecular flexibility index (Phi) is 3.13. The first-order chi connectivity index (χ1) is 6.97. The van der Waals surface area contributed by atoms with Crippen molar-refractivity contribution in [2.45, 2.75) is 6.43 Å². The van der Waals surface area contributed by atoms with E-state index in [0.717, 1.165) is 7.11 Å². The van der Waals surface area contributed by atoms with Crippen molar-refractivity contribution in [1.82, 2.24) is 4.98 Å². The predicted octanol–water partition coefficient (Wildman–Crippen LogP) is 1.24. The summed E-state index contributed by atoms with van der Waals surface area (Å²) in [6.45, 7) is 0. The van der Waals surface area contributed by atoms with E-state index in [9.17, 15) is 22.8 Å². The molecule has 1 N–H and O–H groups in total. The minimum Gasteiger partial charge on any atom is -0.464 e. The third kappa shape index (κ3) is 2.17. The molecular weight excluding hydrogens is 215 g/mol. The number of carbonyl (C=O) groups excluding carboxylic acids is 1. The molecule has 0 amide bonds. The van der Waals surface area contributed by atoms with E-state index in [-0.39, 0.29) is 0 Å². The Balaban J connectivity index is 3.36. The van der Waals surface area contributed by atoms with Gasteiger partial charge in [-0.15, -0.1) is 0 Å². The number of methoxy groups -OCH3 is 1. The molecule has 0 aromatic carbocycles. The maximum absolute atomic E-state index is 12.8. The molecule has 0 unspecified atom stereocenters. The smallest absolute Gasteiger partial charge is 0.354 e. The van der Waals surface area contributed by atoms with E-state index < -0.39 is 35.0 Å². The highest BCUT2D eigenvalue weighted by molar-refractivity contribution is 5.87. The van der Waals surface area contributed by atoms with Crippen molar-refractivity contribution in [3.05, 3.63) is 33.5 Å². The molecule has 0 aliphatic rings. The molecule has 0 atom stereocenters. The maximum atomic E-state index is 12.8. The van der Waals surface area contributed by atoms with Crippen LogP contribution < -0.4 is 5.43 Å². The summed E-state index contributed by atoms with van der Waals surface area (Å²) in [6.07, 6.45) is -3.21. The monoisotopic (exact) mass is 221 g/mol. The molecular formula is C8H6F3NO3. The Hall–Kier alpha value is -1.79. The summed E-state index contributed by atoms with van der Waals surface area (Å²) in [5, 5.41) is 0. The summed E-state index contributed by atoms with van der Waals surface area (Å²) in [5.74, 6) is -2.62. The zero-order valence-electron chi connectivity index (χ0n) is 7.51. The average molecular weight is 221 g/mol. The summed E-state index contributed by atoms with van der Waals surface area (Å²) in [7, 11) is 1.01. The third-order valence-electron chi connectivity index (χ3n) is 1.62. The van der Waals surface area contributed by atoms with Gasteiger partial charge in [0.05, 0.1) is 7.11 Å². The van der Waals surface area contributed by atoms with E-state index in [2.05, 4.69) is 4.74 Å². The van der Waals surface area contributed by atoms with Gasteiger partial charge >= 0.3 is 5.97 Å². The zero-order chi connectivity index (χ0) is 11.6. The Bertz CT molecular complexity index is 441. The third-order valence-corrected chi connectivity index (χ3v) is 1.62. The zero-order valence-corrected chi connectivity index (χ0v) is 7.51. The molecule has 1 aromatic rings. The lowest BCUT2D eigenvalue weighted by molar-refractivity contribution is 0.0591. The Morgan fingerprint density at radius 3 is 2.60 bits per heavy atom. The molecule has 0 fully saturated rings. The van der Waals surface area contributed by atoms with E-state index in [0.29, 0.717) is 6.07 Å². The molecule has 0 radical (unpaired) electrons. The highest BCUT2D eigenvalue weighted by Crippen LogP contribution is 2.17. The highest BCUT2D eigenvalue weighted by Gasteiger charge is 2.20. The lowest BCUT2D eigenvalue weighted by atomic mass is 10.3. The molecule has 4 nitrogen and oxygen atoms in total. The van der Waals surface area contributed by atoms with Gasteiger partial charge in [0.25, 0.3) is 6.43 Å². The van der Waals surface area contributed by atoms with Crippen LogP contribution in [0.1, 0.15) is 22.6 Å². The standard InChI is InChI=1S/C8H6F3NO3/c1-15-8(14)3-2-4(13)5(9)6(12-3)7(10)11/h2,7H,1H3,(H,12,13). The van der Waals surface area contributed by atoms with Gasteiger partial charge in [0.1, 0.15) is 11.4 Å². The van der Waals surface area contributed by atoms with E-state index >= 15 is 0 Å². The van der Waals surface area contributed by atoms with Crippen LogP contribution in [0.5, 0.6) is 0 Å². The van der Waals surface area contributed by atoms with Crippen molar-refractivity contribution in [3.8, 4) is 0 Å². The van der Waals surface area contributed by atoms with Crippen LogP contribution in [0.4, 0.5) is 13.2 Å². The van der Waals surface area contributed by atoms with Crippen LogP contribution in [-0.2, 0) is 4.74 Å². The molecule has 0 spiro atoms. The number of hydrogen-bond acceptors (Lipinski definition) is 3. The first-order valence-corrected chi connectivity index (χ1v) is 3.76. The summed E-state index contributed by atoms with van der Waals surface area (Å²) in [4.78, 5) is 23.5. The maximum Gasteiger partial charge on any atom is 0.354 e. The van der Waals surface area contributed by atoms with Crippen LogP contribution in [-0.4, -0.2) is 18.1 Å². The molecule has 15 heavy (non-hydrogen) atoms. The van der Waals surface area contributed by atoms with Crippen LogP contribution in [0.3, 0.4) is 0 Å². The highest BCUT2D eigenvalue weighted by atomic mass is 19.3. The summed E-state index contributed by atoms with van der Waals surface area (Å²) < 4.78 is 41.4. The molecule has 0 saturated heterocycles. The van der Waals surface area contributed by atoms with Gasteiger partial charge < -0.3 is 9.72 Å². The van der Waals surface area contributed by atoms with Crippen molar-refractivity contribution >= 4 is 5.97 Å². The number of pyridine rings is 1. The molecule has 0 bridgehead atoms. The second-order valence-corrected chi connectivity index (χ2v) is 2.57. The molecule has 0 aliphatic carbocycles. The topological polar surface area (TPSA) is 59.2 Å². The van der Waals surface area contributed by atoms with Crippen LogP contribution in [0.2, 0.25) is 0 Å². The molecule has 0 saturated carbocycles. The Morgan fingerprint density at radius 1 is 1.53 bits per heavy atom. The van der Waals surface area contributed by atoms with Gasteiger partial charge in [-0.2, -0.15) is 0 Å². The number of hydrogen-bond donors (Lipinski definition) is 1. The summed E-state index contributed by atoms with van der Waals surface area (Å²) in [6, 6.07) is 0.563. The van der Waals surface area contributed by atoms with Crippen molar-refractivity contribution in [2.24, 2.45) is 0 Å². The van der Waals surface area contributed by atoms with Gasteiger partial charge in [-0.05, 0) is 0 Å². The van der Waals surface area contributed by atoms with Crippen molar-refractivity contribution < 1.29 is 22.7 Å². The van der Waals surface area contributed by atoms with Gasteiger partial charge in [-0.25, -0.2) is 18.0 Å². The number of rotatable bonds is 2. The number of H-pyrrole nitrogens is 1. The fourth-order valence-corrected chi connectivity index (χ4v) is 0.933.